The molecule has 2 N–H and O–H groups in total. The summed E-state index contributed by atoms with van der Waals surface area (Å²) in [6.07, 6.45) is 0. The SMILES string of the molecule is CCS(=O)(=O)C1CSCCN1Cc1cccc(CN)n1. The first-order valence-electron chi connectivity index (χ1n) is 6.75. The molecule has 1 aromatic heterocycles. The van der Waals surface area contributed by atoms with Crippen LogP contribution in [-0.4, -0.2) is 47.5 Å². The number of thioether (sulfide) groups is 1. The maximum absolute atomic E-state index is 12.2. The van der Waals surface area contributed by atoms with Gasteiger partial charge in [-0.25, -0.2) is 8.42 Å². The third kappa shape index (κ3) is 3.72. The maximum atomic E-state index is 12.2. The first-order chi connectivity index (χ1) is 9.56. The summed E-state index contributed by atoms with van der Waals surface area (Å²) in [5, 5.41) is -0.394. The molecule has 0 aromatic carbocycles. The van der Waals surface area contributed by atoms with Gasteiger partial charge in [-0.1, -0.05) is 13.0 Å². The lowest BCUT2D eigenvalue weighted by Crippen LogP contribution is -2.47. The van der Waals surface area contributed by atoms with Gasteiger partial charge in [0.25, 0.3) is 0 Å². The van der Waals surface area contributed by atoms with Crippen molar-refractivity contribution in [3.05, 3.63) is 29.6 Å². The predicted molar refractivity (Wildman–Crippen MR) is 83.1 cm³/mol. The fourth-order valence-electron chi connectivity index (χ4n) is 2.26. The van der Waals surface area contributed by atoms with Gasteiger partial charge in [0.2, 0.25) is 0 Å². The van der Waals surface area contributed by atoms with Gasteiger partial charge < -0.3 is 5.73 Å². The molecule has 112 valence electrons. The van der Waals surface area contributed by atoms with Crippen LogP contribution in [0, 0.1) is 0 Å². The monoisotopic (exact) mass is 315 g/mol. The van der Waals surface area contributed by atoms with Crippen molar-refractivity contribution in [2.75, 3.05) is 23.8 Å². The molecule has 7 heteroatoms. The molecular weight excluding hydrogens is 294 g/mol. The summed E-state index contributed by atoms with van der Waals surface area (Å²) in [5.74, 6) is 1.80. The van der Waals surface area contributed by atoms with E-state index in [-0.39, 0.29) is 5.75 Å². The lowest BCUT2D eigenvalue weighted by atomic mass is 10.3. The van der Waals surface area contributed by atoms with Gasteiger partial charge in [-0.3, -0.25) is 9.88 Å². The molecule has 0 saturated carbocycles. The van der Waals surface area contributed by atoms with Gasteiger partial charge in [0.05, 0.1) is 11.4 Å². The van der Waals surface area contributed by atoms with Crippen molar-refractivity contribution >= 4 is 21.6 Å². The second-order valence-corrected chi connectivity index (χ2v) is 8.37. The standard InChI is InChI=1S/C13H21N3O2S2/c1-2-20(17,18)13-10-19-7-6-16(13)9-12-5-3-4-11(8-14)15-12/h3-5,13H,2,6-10,14H2,1H3. The summed E-state index contributed by atoms with van der Waals surface area (Å²) in [4.78, 5) is 6.49. The average Bonchev–Trinajstić information content (AvgIpc) is 2.48. The Hall–Kier alpha value is -0.630. The number of hydrogen-bond donors (Lipinski definition) is 1. The van der Waals surface area contributed by atoms with Crippen LogP contribution in [0.2, 0.25) is 0 Å². The van der Waals surface area contributed by atoms with Crippen LogP contribution in [0.25, 0.3) is 0 Å². The summed E-state index contributed by atoms with van der Waals surface area (Å²) in [6.45, 7) is 3.46. The molecule has 0 radical (unpaired) electrons. The lowest BCUT2D eigenvalue weighted by molar-refractivity contribution is 0.258. The number of pyridine rings is 1. The van der Waals surface area contributed by atoms with Crippen molar-refractivity contribution in [2.45, 2.75) is 25.4 Å². The van der Waals surface area contributed by atoms with Gasteiger partial charge >= 0.3 is 0 Å². The number of nitrogens with zero attached hydrogens (tertiary/aromatic N) is 2. The van der Waals surface area contributed by atoms with Crippen LogP contribution in [0.5, 0.6) is 0 Å². The van der Waals surface area contributed by atoms with Crippen molar-refractivity contribution in [3.8, 4) is 0 Å². The zero-order valence-corrected chi connectivity index (χ0v) is 13.3. The molecule has 1 aromatic rings. The van der Waals surface area contributed by atoms with E-state index in [2.05, 4.69) is 4.98 Å². The summed E-state index contributed by atoms with van der Waals surface area (Å²) in [6, 6.07) is 5.74. The Morgan fingerprint density at radius 1 is 1.45 bits per heavy atom. The summed E-state index contributed by atoms with van der Waals surface area (Å²) in [7, 11) is -3.05. The van der Waals surface area contributed by atoms with Crippen molar-refractivity contribution in [2.24, 2.45) is 5.73 Å². The molecule has 20 heavy (non-hydrogen) atoms. The Morgan fingerprint density at radius 3 is 2.90 bits per heavy atom. The van der Waals surface area contributed by atoms with Crippen LogP contribution in [-0.2, 0) is 22.9 Å². The Bertz CT molecular complexity index is 548. The average molecular weight is 315 g/mol. The molecule has 2 rings (SSSR count). The fraction of sp³-hybridized carbons (Fsp3) is 0.615. The molecule has 1 unspecified atom stereocenters. The molecule has 1 aliphatic rings. The van der Waals surface area contributed by atoms with Crippen molar-refractivity contribution in [1.29, 1.82) is 0 Å². The number of hydrogen-bond acceptors (Lipinski definition) is 6. The van der Waals surface area contributed by atoms with E-state index in [4.69, 9.17) is 5.73 Å². The smallest absolute Gasteiger partial charge is 0.166 e. The quantitative estimate of drug-likeness (QED) is 0.868. The molecule has 0 aliphatic carbocycles. The van der Waals surface area contributed by atoms with Gasteiger partial charge in [-0.15, -0.1) is 0 Å². The van der Waals surface area contributed by atoms with Crippen molar-refractivity contribution < 1.29 is 8.42 Å². The normalized spacial score (nSPS) is 21.0. The van der Waals surface area contributed by atoms with E-state index in [0.29, 0.717) is 18.8 Å². The van der Waals surface area contributed by atoms with E-state index in [0.717, 1.165) is 23.7 Å². The van der Waals surface area contributed by atoms with Gasteiger partial charge in [0, 0.05) is 36.9 Å². The largest absolute Gasteiger partial charge is 0.325 e. The minimum Gasteiger partial charge on any atom is -0.325 e. The topological polar surface area (TPSA) is 76.3 Å². The zero-order valence-electron chi connectivity index (χ0n) is 11.7. The maximum Gasteiger partial charge on any atom is 0.166 e. The first kappa shape index (κ1) is 15.8. The second-order valence-electron chi connectivity index (χ2n) is 4.78. The number of rotatable bonds is 5. The lowest BCUT2D eigenvalue weighted by Gasteiger charge is -2.34. The molecule has 1 aliphatic heterocycles. The van der Waals surface area contributed by atoms with E-state index in [1.165, 1.54) is 0 Å². The van der Waals surface area contributed by atoms with Crippen molar-refractivity contribution in [3.63, 3.8) is 0 Å². The molecule has 0 bridgehead atoms. The number of nitrogens with two attached hydrogens (primary N) is 1. The third-order valence-corrected chi connectivity index (χ3v) is 6.78. The molecule has 1 fully saturated rings. The van der Waals surface area contributed by atoms with Gasteiger partial charge in [0.15, 0.2) is 9.84 Å². The molecule has 1 saturated heterocycles. The predicted octanol–water partition coefficient (Wildman–Crippen LogP) is 0.850. The van der Waals surface area contributed by atoms with Crippen LogP contribution in [0.15, 0.2) is 18.2 Å². The Balaban J connectivity index is 2.16. The minimum atomic E-state index is -3.05. The highest BCUT2D eigenvalue weighted by Crippen LogP contribution is 2.23. The van der Waals surface area contributed by atoms with E-state index >= 15 is 0 Å². The number of aromatic nitrogens is 1. The van der Waals surface area contributed by atoms with E-state index in [9.17, 15) is 8.42 Å². The second kappa shape index (κ2) is 6.89. The van der Waals surface area contributed by atoms with Crippen LogP contribution in [0.1, 0.15) is 18.3 Å². The summed E-state index contributed by atoms with van der Waals surface area (Å²) in [5.41, 5.74) is 7.32. The van der Waals surface area contributed by atoms with E-state index < -0.39 is 15.2 Å². The first-order valence-corrected chi connectivity index (χ1v) is 9.62. The Morgan fingerprint density at radius 2 is 2.20 bits per heavy atom. The Kier molecular flexibility index (Phi) is 5.42. The van der Waals surface area contributed by atoms with E-state index in [1.807, 2.05) is 23.1 Å². The molecule has 1 atom stereocenters. The minimum absolute atomic E-state index is 0.186. The highest BCUT2D eigenvalue weighted by molar-refractivity contribution is 8.01. The van der Waals surface area contributed by atoms with Crippen LogP contribution >= 0.6 is 11.8 Å². The van der Waals surface area contributed by atoms with Crippen LogP contribution < -0.4 is 5.73 Å². The summed E-state index contributed by atoms with van der Waals surface area (Å²) < 4.78 is 24.4. The van der Waals surface area contributed by atoms with Gasteiger partial charge in [0.1, 0.15) is 5.37 Å². The molecule has 0 spiro atoms. The van der Waals surface area contributed by atoms with Gasteiger partial charge in [-0.2, -0.15) is 11.8 Å². The zero-order chi connectivity index (χ0) is 14.6. The van der Waals surface area contributed by atoms with Crippen molar-refractivity contribution in [1.82, 2.24) is 9.88 Å². The Labute approximate surface area is 124 Å². The highest BCUT2D eigenvalue weighted by Gasteiger charge is 2.32. The molecule has 0 amide bonds. The van der Waals surface area contributed by atoms with Crippen LogP contribution in [0.3, 0.4) is 0 Å². The summed E-state index contributed by atoms with van der Waals surface area (Å²) >= 11 is 1.71. The third-order valence-electron chi connectivity index (χ3n) is 3.45. The molecular formula is C13H21N3O2S2. The fourth-order valence-corrected chi connectivity index (χ4v) is 5.34. The highest BCUT2D eigenvalue weighted by atomic mass is 32.2. The molecule has 2 heterocycles. The van der Waals surface area contributed by atoms with Gasteiger partial charge in [-0.05, 0) is 12.1 Å². The van der Waals surface area contributed by atoms with Crippen LogP contribution in [0.4, 0.5) is 0 Å². The number of sulfone groups is 1. The van der Waals surface area contributed by atoms with E-state index in [1.54, 1.807) is 18.7 Å². The molecule has 5 nitrogen and oxygen atoms in total.